The molecule has 0 radical (unpaired) electrons. The van der Waals surface area contributed by atoms with Gasteiger partial charge < -0.3 is 24.8 Å². The number of thiazole rings is 2. The largest absolute Gasteiger partial charge is 0.494 e. The van der Waals surface area contributed by atoms with Gasteiger partial charge in [0.05, 0.1) is 23.6 Å². The number of carboxylic acid groups (broad SMARTS) is 1. The molecule has 14 nitrogen and oxygen atoms in total. The third-order valence-electron chi connectivity index (χ3n) is 9.85. The summed E-state index contributed by atoms with van der Waals surface area (Å²) in [6.45, 7) is 6.55. The number of hydrogen-bond donors (Lipinski definition) is 4. The molecule has 2 aromatic carbocycles. The van der Waals surface area contributed by atoms with Gasteiger partial charge in [-0.2, -0.15) is 0 Å². The summed E-state index contributed by atoms with van der Waals surface area (Å²) in [4.78, 5) is 55.2. The molecule has 0 spiro atoms. The maximum absolute atomic E-state index is 12.6. The molecule has 0 saturated carbocycles. The van der Waals surface area contributed by atoms with Crippen molar-refractivity contribution in [2.45, 2.75) is 39.0 Å². The number of aryl methyl sites for hydroxylation is 2. The van der Waals surface area contributed by atoms with Crippen LogP contribution in [-0.2, 0) is 0 Å². The number of nitrogens with zero attached hydrogens (tertiary/aromatic N) is 5. The molecule has 3 amide bonds. The number of ether oxygens (including phenoxy) is 2. The summed E-state index contributed by atoms with van der Waals surface area (Å²) in [5, 5.41) is 19.4. The molecule has 0 aliphatic carbocycles. The molecule has 17 heteroatoms. The zero-order valence-corrected chi connectivity index (χ0v) is 34.8. The van der Waals surface area contributed by atoms with E-state index in [1.807, 2.05) is 38.1 Å². The second-order valence-corrected chi connectivity index (χ2v) is 15.6. The Morgan fingerprint density at radius 1 is 0.810 bits per heavy atom. The van der Waals surface area contributed by atoms with E-state index in [2.05, 4.69) is 42.0 Å². The molecular weight excluding hydrogens is 800 g/mol. The Bertz CT molecular complexity index is 2500. The summed E-state index contributed by atoms with van der Waals surface area (Å²) >= 11 is 2.89. The average molecular weight is 843 g/mol. The van der Waals surface area contributed by atoms with Crippen molar-refractivity contribution in [2.75, 3.05) is 51.0 Å². The van der Waals surface area contributed by atoms with Crippen LogP contribution in [-0.4, -0.2) is 88.2 Å². The second-order valence-electron chi connectivity index (χ2n) is 13.6. The number of carbonyl (C=O) groups is 3. The van der Waals surface area contributed by atoms with Gasteiger partial charge in [-0.3, -0.25) is 30.2 Å². The fourth-order valence-corrected chi connectivity index (χ4v) is 9.03. The minimum absolute atomic E-state index is 0. The van der Waals surface area contributed by atoms with E-state index in [4.69, 9.17) is 14.6 Å². The van der Waals surface area contributed by atoms with E-state index in [0.29, 0.717) is 58.1 Å². The van der Waals surface area contributed by atoms with Crippen molar-refractivity contribution in [1.82, 2.24) is 30.2 Å². The summed E-state index contributed by atoms with van der Waals surface area (Å²) in [6.07, 6.45) is 7.08. The first-order chi connectivity index (χ1) is 27.6. The lowest BCUT2D eigenvalue weighted by Crippen LogP contribution is -2.33. The molecule has 6 aromatic rings. The number of amides is 3. The fraction of sp³-hybridized carbons (Fsp3) is 0.293. The Kier molecular flexibility index (Phi) is 13.5. The van der Waals surface area contributed by atoms with E-state index in [9.17, 15) is 14.4 Å². The first kappa shape index (κ1) is 41.9. The molecule has 1 fully saturated rings. The number of carbonyl (C=O) groups excluding carboxylic acids is 2. The van der Waals surface area contributed by atoms with Crippen LogP contribution in [0.2, 0.25) is 0 Å². The van der Waals surface area contributed by atoms with Crippen LogP contribution >= 0.6 is 35.1 Å². The molecule has 302 valence electrons. The van der Waals surface area contributed by atoms with Crippen LogP contribution in [0.4, 0.5) is 15.1 Å². The molecule has 0 unspecified atom stereocenters. The Balaban J connectivity index is 0.000000193. The van der Waals surface area contributed by atoms with Crippen molar-refractivity contribution < 1.29 is 29.0 Å². The molecule has 0 atom stereocenters. The molecule has 0 bridgehead atoms. The van der Waals surface area contributed by atoms with E-state index in [-0.39, 0.29) is 24.2 Å². The molecule has 2 aliphatic heterocycles. The van der Waals surface area contributed by atoms with Crippen LogP contribution in [0.3, 0.4) is 0 Å². The van der Waals surface area contributed by atoms with E-state index in [0.717, 1.165) is 69.1 Å². The average Bonchev–Trinajstić information content (AvgIpc) is 3.85. The van der Waals surface area contributed by atoms with Crippen LogP contribution in [0, 0.1) is 13.8 Å². The quantitative estimate of drug-likeness (QED) is 0.116. The lowest BCUT2D eigenvalue weighted by molar-refractivity contribution is 0.101. The molecule has 8 rings (SSSR count). The topological polar surface area (TPSA) is 181 Å². The molecule has 4 aromatic heterocycles. The van der Waals surface area contributed by atoms with Crippen molar-refractivity contribution in [2.24, 2.45) is 0 Å². The normalized spacial score (nSPS) is 14.1. The van der Waals surface area contributed by atoms with Gasteiger partial charge >= 0.3 is 6.09 Å². The molecular formula is C41H43ClN8O6S2. The van der Waals surface area contributed by atoms with E-state index in [1.54, 1.807) is 50.9 Å². The van der Waals surface area contributed by atoms with Crippen molar-refractivity contribution in [3.05, 3.63) is 101 Å². The maximum atomic E-state index is 12.6. The zero-order chi connectivity index (χ0) is 40.1. The molecule has 4 N–H and O–H groups in total. The lowest BCUT2D eigenvalue weighted by atomic mass is 9.90. The third-order valence-corrected chi connectivity index (χ3v) is 11.9. The predicted molar refractivity (Wildman–Crippen MR) is 230 cm³/mol. The predicted octanol–water partition coefficient (Wildman–Crippen LogP) is 8.18. The maximum Gasteiger partial charge on any atom is 0.407 e. The summed E-state index contributed by atoms with van der Waals surface area (Å²) in [7, 11) is 3.23. The van der Waals surface area contributed by atoms with Crippen LogP contribution in [0.25, 0.3) is 26.0 Å². The fourth-order valence-electron chi connectivity index (χ4n) is 6.93. The second kappa shape index (κ2) is 18.7. The van der Waals surface area contributed by atoms with Gasteiger partial charge in [0.2, 0.25) is 0 Å². The Morgan fingerprint density at radius 3 is 1.88 bits per heavy atom. The van der Waals surface area contributed by atoms with Gasteiger partial charge in [-0.15, -0.1) is 12.4 Å². The van der Waals surface area contributed by atoms with Gasteiger partial charge in [0.25, 0.3) is 11.8 Å². The van der Waals surface area contributed by atoms with Crippen LogP contribution in [0.15, 0.2) is 67.0 Å². The standard InChI is InChI=1S/C21H20N4O4S.C20H22N4O2S.ClH/c1-12-11-14(5-8-22-12)19(26)24-20-23-17-16(29-2)4-3-15(18(17)30-20)13-6-9-25(10-7-13)21(27)28;1-12-11-14(7-10-22-12)19(25)24-20-23-17-16(26-2)4-3-15(18(17)27-20)13-5-8-21-9-6-13;/h3-6,8,11H,7,9-10H2,1-2H3,(H,27,28)(H,23,24,26);3-4,7,10-11,13,21H,5-6,8-9H2,1-2H3,(H,23,24,25);1H. The summed E-state index contributed by atoms with van der Waals surface area (Å²) in [6, 6.07) is 14.8. The molecule has 6 heterocycles. The highest BCUT2D eigenvalue weighted by molar-refractivity contribution is 7.23. The smallest absolute Gasteiger partial charge is 0.407 e. The highest BCUT2D eigenvalue weighted by Crippen LogP contribution is 2.41. The van der Waals surface area contributed by atoms with Crippen LogP contribution in [0.1, 0.15) is 68.4 Å². The summed E-state index contributed by atoms with van der Waals surface area (Å²) < 4.78 is 12.9. The van der Waals surface area contributed by atoms with Crippen molar-refractivity contribution >= 4 is 89.3 Å². The number of halogens is 1. The number of fused-ring (bicyclic) bond motifs is 2. The first-order valence-electron chi connectivity index (χ1n) is 18.4. The SMILES string of the molecule is COc1ccc(C2=CCN(C(=O)O)CC2)c2sc(NC(=O)c3ccnc(C)c3)nc12.COc1ccc(C2CCNCC2)c2sc(NC(=O)c3ccnc(C)c3)nc12.Cl. The summed E-state index contributed by atoms with van der Waals surface area (Å²) in [5.41, 5.74) is 7.48. The number of pyridine rings is 2. The zero-order valence-electron chi connectivity index (χ0n) is 32.3. The van der Waals surface area contributed by atoms with Crippen molar-refractivity contribution in [1.29, 1.82) is 0 Å². The van der Waals surface area contributed by atoms with Gasteiger partial charge in [0, 0.05) is 48.0 Å². The Hall–Kier alpha value is -5.68. The highest BCUT2D eigenvalue weighted by Gasteiger charge is 2.23. The Labute approximate surface area is 349 Å². The van der Waals surface area contributed by atoms with Crippen molar-refractivity contribution in [3.8, 4) is 11.5 Å². The number of benzene rings is 2. The van der Waals surface area contributed by atoms with E-state index in [1.165, 1.54) is 33.1 Å². The van der Waals surface area contributed by atoms with E-state index >= 15 is 0 Å². The highest BCUT2D eigenvalue weighted by atomic mass is 35.5. The Morgan fingerprint density at radius 2 is 1.36 bits per heavy atom. The summed E-state index contributed by atoms with van der Waals surface area (Å²) in [5.74, 6) is 1.43. The number of aromatic nitrogens is 4. The molecule has 1 saturated heterocycles. The number of methoxy groups -OCH3 is 2. The van der Waals surface area contributed by atoms with Crippen LogP contribution in [0.5, 0.6) is 11.5 Å². The first-order valence-corrected chi connectivity index (χ1v) is 20.1. The van der Waals surface area contributed by atoms with Gasteiger partial charge in [-0.1, -0.05) is 34.8 Å². The van der Waals surface area contributed by atoms with Gasteiger partial charge in [0.15, 0.2) is 10.3 Å². The van der Waals surface area contributed by atoms with Gasteiger partial charge in [-0.05, 0) is 111 Å². The van der Waals surface area contributed by atoms with Crippen molar-refractivity contribution in [3.63, 3.8) is 0 Å². The van der Waals surface area contributed by atoms with Gasteiger partial charge in [-0.25, -0.2) is 14.8 Å². The number of hydrogen-bond acceptors (Lipinski definition) is 12. The molecule has 2 aliphatic rings. The third kappa shape index (κ3) is 9.37. The van der Waals surface area contributed by atoms with E-state index < -0.39 is 6.09 Å². The minimum atomic E-state index is -0.917. The van der Waals surface area contributed by atoms with Gasteiger partial charge in [0.1, 0.15) is 22.5 Å². The lowest BCUT2D eigenvalue weighted by Gasteiger charge is -2.24. The monoisotopic (exact) mass is 842 g/mol. The number of nitrogens with one attached hydrogen (secondary N) is 3. The molecule has 58 heavy (non-hydrogen) atoms. The number of rotatable bonds is 8. The minimum Gasteiger partial charge on any atom is -0.494 e. The number of piperidine rings is 1. The number of anilines is 2. The van der Waals surface area contributed by atoms with Crippen LogP contribution < -0.4 is 25.4 Å².